The van der Waals surface area contributed by atoms with Gasteiger partial charge in [-0.15, -0.1) is 0 Å². The maximum Gasteiger partial charge on any atom is 0.216 e. The Morgan fingerprint density at radius 1 is 1.17 bits per heavy atom. The molecule has 3 heteroatoms. The van der Waals surface area contributed by atoms with Gasteiger partial charge >= 0.3 is 0 Å². The SMILES string of the molecule is C=C(C#N)C(c1ccccc1)C1(C)CN=C(c2ccccc2)O1. The second-order valence-corrected chi connectivity index (χ2v) is 5.88. The van der Waals surface area contributed by atoms with Crippen LogP contribution in [-0.4, -0.2) is 18.0 Å². The number of benzene rings is 2. The molecule has 3 rings (SSSR count). The van der Waals surface area contributed by atoms with E-state index in [-0.39, 0.29) is 5.92 Å². The van der Waals surface area contributed by atoms with Crippen molar-refractivity contribution in [2.24, 2.45) is 4.99 Å². The Morgan fingerprint density at radius 3 is 2.39 bits per heavy atom. The molecule has 114 valence electrons. The van der Waals surface area contributed by atoms with Gasteiger partial charge in [0, 0.05) is 11.1 Å². The van der Waals surface area contributed by atoms with Crippen LogP contribution in [-0.2, 0) is 4.74 Å². The lowest BCUT2D eigenvalue weighted by atomic mass is 9.79. The molecule has 1 aliphatic rings. The fraction of sp³-hybridized carbons (Fsp3) is 0.200. The van der Waals surface area contributed by atoms with E-state index in [9.17, 15) is 5.26 Å². The van der Waals surface area contributed by atoms with Crippen LogP contribution in [0.25, 0.3) is 0 Å². The van der Waals surface area contributed by atoms with Crippen molar-refractivity contribution in [3.63, 3.8) is 0 Å². The van der Waals surface area contributed by atoms with Gasteiger partial charge in [0.1, 0.15) is 5.60 Å². The number of hydrogen-bond donors (Lipinski definition) is 0. The number of aliphatic imine (C=N–C) groups is 1. The molecule has 0 fully saturated rings. The predicted octanol–water partition coefficient (Wildman–Crippen LogP) is 4.09. The highest BCUT2D eigenvalue weighted by Gasteiger charge is 2.43. The fourth-order valence-electron chi connectivity index (χ4n) is 3.03. The normalized spacial score (nSPS) is 21.0. The van der Waals surface area contributed by atoms with E-state index in [0.29, 0.717) is 18.0 Å². The standard InChI is InChI=1S/C20H18N2O/c1-15(13-21)18(16-9-5-3-6-10-16)20(2)14-22-19(23-20)17-11-7-4-8-12-17/h3-12,18H,1,14H2,2H3. The highest BCUT2D eigenvalue weighted by atomic mass is 16.5. The molecule has 1 heterocycles. The summed E-state index contributed by atoms with van der Waals surface area (Å²) in [7, 11) is 0. The number of hydrogen-bond acceptors (Lipinski definition) is 3. The van der Waals surface area contributed by atoms with Crippen molar-refractivity contribution in [2.45, 2.75) is 18.4 Å². The molecule has 2 unspecified atom stereocenters. The monoisotopic (exact) mass is 302 g/mol. The smallest absolute Gasteiger partial charge is 0.216 e. The van der Waals surface area contributed by atoms with Gasteiger partial charge in [0.25, 0.3) is 0 Å². The van der Waals surface area contributed by atoms with Crippen molar-refractivity contribution in [3.05, 3.63) is 83.9 Å². The lowest BCUT2D eigenvalue weighted by molar-refractivity contribution is 0.0906. The molecule has 0 saturated heterocycles. The van der Waals surface area contributed by atoms with Crippen LogP contribution in [0.4, 0.5) is 0 Å². The summed E-state index contributed by atoms with van der Waals surface area (Å²) < 4.78 is 6.21. The zero-order valence-corrected chi connectivity index (χ0v) is 13.1. The molecule has 2 atom stereocenters. The van der Waals surface area contributed by atoms with Crippen LogP contribution in [0.1, 0.15) is 24.0 Å². The van der Waals surface area contributed by atoms with E-state index < -0.39 is 5.60 Å². The van der Waals surface area contributed by atoms with E-state index in [1.165, 1.54) is 0 Å². The summed E-state index contributed by atoms with van der Waals surface area (Å²) in [5.41, 5.74) is 1.85. The van der Waals surface area contributed by atoms with Crippen molar-refractivity contribution < 1.29 is 4.74 Å². The topological polar surface area (TPSA) is 45.4 Å². The zero-order chi connectivity index (χ0) is 16.3. The van der Waals surface area contributed by atoms with Gasteiger partial charge in [0.15, 0.2) is 0 Å². The van der Waals surface area contributed by atoms with Gasteiger partial charge in [0.2, 0.25) is 5.90 Å². The second-order valence-electron chi connectivity index (χ2n) is 5.88. The number of nitrogens with zero attached hydrogens (tertiary/aromatic N) is 2. The molecule has 0 aromatic heterocycles. The van der Waals surface area contributed by atoms with Crippen molar-refractivity contribution in [1.82, 2.24) is 0 Å². The van der Waals surface area contributed by atoms with Crippen LogP contribution in [0, 0.1) is 11.3 Å². The molecule has 0 aliphatic carbocycles. The predicted molar refractivity (Wildman–Crippen MR) is 91.3 cm³/mol. The molecule has 0 amide bonds. The summed E-state index contributed by atoms with van der Waals surface area (Å²) in [6, 6.07) is 21.9. The molecule has 0 radical (unpaired) electrons. The van der Waals surface area contributed by atoms with Crippen molar-refractivity contribution >= 4 is 5.90 Å². The van der Waals surface area contributed by atoms with E-state index in [2.05, 4.69) is 17.6 Å². The van der Waals surface area contributed by atoms with Crippen molar-refractivity contribution in [1.29, 1.82) is 5.26 Å². The van der Waals surface area contributed by atoms with Gasteiger partial charge in [-0.2, -0.15) is 5.26 Å². The van der Waals surface area contributed by atoms with E-state index in [1.807, 2.05) is 67.6 Å². The Morgan fingerprint density at radius 2 is 1.78 bits per heavy atom. The van der Waals surface area contributed by atoms with Gasteiger partial charge in [-0.3, -0.25) is 0 Å². The molecule has 0 spiro atoms. The summed E-state index contributed by atoms with van der Waals surface area (Å²) >= 11 is 0. The van der Waals surface area contributed by atoms with Crippen molar-refractivity contribution in [2.75, 3.05) is 6.54 Å². The van der Waals surface area contributed by atoms with E-state index in [0.717, 1.165) is 11.1 Å². The summed E-state index contributed by atoms with van der Waals surface area (Å²) in [4.78, 5) is 4.57. The average molecular weight is 302 g/mol. The highest BCUT2D eigenvalue weighted by Crippen LogP contribution is 2.40. The molecule has 3 nitrogen and oxygen atoms in total. The lowest BCUT2D eigenvalue weighted by Crippen LogP contribution is -2.37. The number of ether oxygens (including phenoxy) is 1. The summed E-state index contributed by atoms with van der Waals surface area (Å²) in [6.45, 7) is 6.44. The zero-order valence-electron chi connectivity index (χ0n) is 13.1. The summed E-state index contributed by atoms with van der Waals surface area (Å²) in [5.74, 6) is 0.401. The minimum absolute atomic E-state index is 0.223. The van der Waals surface area contributed by atoms with E-state index >= 15 is 0 Å². The lowest BCUT2D eigenvalue weighted by Gasteiger charge is -2.33. The van der Waals surface area contributed by atoms with Crippen molar-refractivity contribution in [3.8, 4) is 6.07 Å². The minimum Gasteiger partial charge on any atom is -0.468 e. The Bertz CT molecular complexity index is 774. The second kappa shape index (κ2) is 6.10. The molecular weight excluding hydrogens is 284 g/mol. The van der Waals surface area contributed by atoms with E-state index in [4.69, 9.17) is 4.74 Å². The molecule has 2 aromatic carbocycles. The summed E-state index contributed by atoms with van der Waals surface area (Å²) in [6.07, 6.45) is 0. The first-order valence-corrected chi connectivity index (χ1v) is 7.57. The largest absolute Gasteiger partial charge is 0.468 e. The van der Waals surface area contributed by atoms with Crippen LogP contribution in [0.3, 0.4) is 0 Å². The van der Waals surface area contributed by atoms with Gasteiger partial charge < -0.3 is 4.74 Å². The maximum absolute atomic E-state index is 9.38. The molecular formula is C20H18N2O. The third-order valence-corrected chi connectivity index (χ3v) is 4.12. The molecule has 0 N–H and O–H groups in total. The molecule has 1 aliphatic heterocycles. The maximum atomic E-state index is 9.38. The highest BCUT2D eigenvalue weighted by molar-refractivity contribution is 5.95. The molecule has 0 saturated carbocycles. The van der Waals surface area contributed by atoms with Gasteiger partial charge in [-0.05, 0) is 24.6 Å². The fourth-order valence-corrected chi connectivity index (χ4v) is 3.03. The number of nitriles is 1. The summed E-state index contributed by atoms with van der Waals surface area (Å²) in [5, 5.41) is 9.38. The third-order valence-electron chi connectivity index (χ3n) is 4.12. The van der Waals surface area contributed by atoms with Gasteiger partial charge in [0.05, 0.1) is 18.5 Å². The quantitative estimate of drug-likeness (QED) is 0.799. The van der Waals surface area contributed by atoms with Crippen LogP contribution in [0.2, 0.25) is 0 Å². The Labute approximate surface area is 136 Å². The number of rotatable bonds is 4. The van der Waals surface area contributed by atoms with Gasteiger partial charge in [-0.25, -0.2) is 4.99 Å². The van der Waals surface area contributed by atoms with Crippen LogP contribution in [0.15, 0.2) is 77.8 Å². The first-order valence-electron chi connectivity index (χ1n) is 7.57. The van der Waals surface area contributed by atoms with Gasteiger partial charge in [-0.1, -0.05) is 55.1 Å². The van der Waals surface area contributed by atoms with E-state index in [1.54, 1.807) is 0 Å². The minimum atomic E-state index is -0.612. The molecule has 0 bridgehead atoms. The molecule has 2 aromatic rings. The van der Waals surface area contributed by atoms with Crippen LogP contribution >= 0.6 is 0 Å². The Hall–Kier alpha value is -2.86. The first-order chi connectivity index (χ1) is 11.1. The third kappa shape index (κ3) is 2.89. The average Bonchev–Trinajstić information content (AvgIpc) is 2.99. The Balaban J connectivity index is 1.93. The Kier molecular flexibility index (Phi) is 3.99. The first kappa shape index (κ1) is 15.1. The van der Waals surface area contributed by atoms with Crippen LogP contribution < -0.4 is 0 Å². The van der Waals surface area contributed by atoms with Crippen LogP contribution in [0.5, 0.6) is 0 Å². The molecule has 23 heavy (non-hydrogen) atoms.